The molecule has 0 aromatic heterocycles. The molecule has 5 N–H and O–H groups in total. The normalized spacial score (nSPS) is 12.6. The summed E-state index contributed by atoms with van der Waals surface area (Å²) < 4.78 is 37.3. The minimum atomic E-state index is -4.47. The molecule has 140 valence electrons. The van der Waals surface area contributed by atoms with E-state index in [2.05, 4.69) is 16.0 Å². The van der Waals surface area contributed by atoms with Gasteiger partial charge < -0.3 is 26.2 Å². The number of rotatable bonds is 7. The first kappa shape index (κ1) is 20.7. The molecule has 3 amide bonds. The van der Waals surface area contributed by atoms with Crippen LogP contribution in [0.5, 0.6) is 0 Å². The highest BCUT2D eigenvalue weighted by atomic mass is 19.4. The van der Waals surface area contributed by atoms with Gasteiger partial charge in [0.2, 0.25) is 5.91 Å². The lowest BCUT2D eigenvalue weighted by molar-refractivity contribution is -0.137. The van der Waals surface area contributed by atoms with Crippen LogP contribution in [-0.4, -0.2) is 41.0 Å². The molecule has 0 saturated heterocycles. The molecule has 0 aliphatic carbocycles. The van der Waals surface area contributed by atoms with Gasteiger partial charge in [0.05, 0.1) is 18.2 Å². The fourth-order valence-electron chi connectivity index (χ4n) is 1.94. The number of hydrogen-bond donors (Lipinski definition) is 5. The summed E-state index contributed by atoms with van der Waals surface area (Å²) in [4.78, 5) is 23.3. The van der Waals surface area contributed by atoms with Crippen LogP contribution in [0.3, 0.4) is 0 Å². The van der Waals surface area contributed by atoms with Crippen molar-refractivity contribution >= 4 is 17.6 Å². The molecule has 1 aromatic rings. The zero-order valence-corrected chi connectivity index (χ0v) is 13.4. The van der Waals surface area contributed by atoms with Gasteiger partial charge >= 0.3 is 12.2 Å². The Labute approximate surface area is 142 Å². The lowest BCUT2D eigenvalue weighted by Gasteiger charge is -2.19. The minimum Gasteiger partial charge on any atom is -0.366 e. The molecule has 10 heteroatoms. The highest BCUT2D eigenvalue weighted by Gasteiger charge is 2.30. The Balaban J connectivity index is 2.45. The fourth-order valence-corrected chi connectivity index (χ4v) is 1.94. The number of urea groups is 1. The summed E-state index contributed by atoms with van der Waals surface area (Å²) in [6, 6.07) is 2.17. The number of anilines is 1. The number of aliphatic hydroxyl groups excluding tert-OH is 1. The van der Waals surface area contributed by atoms with Gasteiger partial charge in [-0.25, -0.2) is 4.79 Å². The van der Waals surface area contributed by atoms with Gasteiger partial charge in [0.1, 0.15) is 0 Å². The molecule has 0 fully saturated rings. The molecule has 25 heavy (non-hydrogen) atoms. The third-order valence-corrected chi connectivity index (χ3v) is 3.19. The molecule has 1 atom stereocenters. The van der Waals surface area contributed by atoms with E-state index in [1.54, 1.807) is 6.92 Å². The Bertz CT molecular complexity index is 576. The molecule has 0 bridgehead atoms. The minimum absolute atomic E-state index is 0.126. The van der Waals surface area contributed by atoms with Crippen molar-refractivity contribution in [2.24, 2.45) is 0 Å². The second-order valence-corrected chi connectivity index (χ2v) is 5.26. The van der Waals surface area contributed by atoms with Crippen LogP contribution in [0.1, 0.15) is 25.3 Å². The van der Waals surface area contributed by atoms with Crippen molar-refractivity contribution in [1.82, 2.24) is 10.6 Å². The molecule has 0 aliphatic heterocycles. The number of nitrogens with one attached hydrogen (secondary N) is 3. The third kappa shape index (κ3) is 7.40. The average Bonchev–Trinajstić information content (AvgIpc) is 2.52. The molecule has 0 heterocycles. The van der Waals surface area contributed by atoms with Crippen molar-refractivity contribution in [3.05, 3.63) is 29.8 Å². The van der Waals surface area contributed by atoms with Crippen molar-refractivity contribution < 1.29 is 33.0 Å². The fraction of sp³-hybridized carbons (Fsp3) is 0.467. The Morgan fingerprint density at radius 1 is 1.16 bits per heavy atom. The highest BCUT2D eigenvalue weighted by molar-refractivity contribution is 5.92. The van der Waals surface area contributed by atoms with Gasteiger partial charge in [-0.05, 0) is 30.7 Å². The predicted octanol–water partition coefficient (Wildman–Crippen LogP) is 1.42. The van der Waals surface area contributed by atoms with E-state index in [9.17, 15) is 22.8 Å². The van der Waals surface area contributed by atoms with Crippen molar-refractivity contribution in [2.45, 2.75) is 38.3 Å². The molecule has 0 radical (unpaired) electrons. The highest BCUT2D eigenvalue weighted by Crippen LogP contribution is 2.29. The molecule has 0 aliphatic rings. The van der Waals surface area contributed by atoms with Crippen LogP contribution in [0.2, 0.25) is 0 Å². The van der Waals surface area contributed by atoms with Gasteiger partial charge in [0, 0.05) is 5.69 Å². The quantitative estimate of drug-likeness (QED) is 0.472. The lowest BCUT2D eigenvalue weighted by atomic mass is 10.1. The number of halogens is 3. The Morgan fingerprint density at radius 3 is 2.24 bits per heavy atom. The maximum absolute atomic E-state index is 12.4. The van der Waals surface area contributed by atoms with E-state index >= 15 is 0 Å². The van der Waals surface area contributed by atoms with Crippen molar-refractivity contribution in [2.75, 3.05) is 11.9 Å². The SMILES string of the molecule is CCC[C@H](NC(=O)CNC(=O)Nc1ccc(C(F)(F)F)cc1)C(O)O. The van der Waals surface area contributed by atoms with E-state index in [-0.39, 0.29) is 5.69 Å². The summed E-state index contributed by atoms with van der Waals surface area (Å²) in [7, 11) is 0. The Morgan fingerprint density at radius 2 is 1.76 bits per heavy atom. The van der Waals surface area contributed by atoms with Crippen molar-refractivity contribution in [3.63, 3.8) is 0 Å². The van der Waals surface area contributed by atoms with E-state index < -0.39 is 42.6 Å². The van der Waals surface area contributed by atoms with Crippen LogP contribution in [0.4, 0.5) is 23.7 Å². The van der Waals surface area contributed by atoms with Crippen LogP contribution < -0.4 is 16.0 Å². The first-order chi connectivity index (χ1) is 11.6. The zero-order chi connectivity index (χ0) is 19.0. The maximum Gasteiger partial charge on any atom is 0.416 e. The number of aliphatic hydroxyl groups is 2. The summed E-state index contributed by atoms with van der Waals surface area (Å²) in [6.07, 6.45) is -5.22. The van der Waals surface area contributed by atoms with Gasteiger partial charge in [-0.2, -0.15) is 13.2 Å². The van der Waals surface area contributed by atoms with E-state index in [4.69, 9.17) is 10.2 Å². The number of benzene rings is 1. The second kappa shape index (κ2) is 9.23. The number of alkyl halides is 3. The standard InChI is InChI=1S/C15H20F3N3O4/c1-2-3-11(13(23)24)21-12(22)8-19-14(25)20-10-6-4-9(5-7-10)15(16,17)18/h4-7,11,13,23-24H,2-3,8H2,1H3,(H,21,22)(H2,19,20,25)/t11-/m0/s1. The van der Waals surface area contributed by atoms with Crippen molar-refractivity contribution in [3.8, 4) is 0 Å². The molecule has 7 nitrogen and oxygen atoms in total. The maximum atomic E-state index is 12.4. The first-order valence-electron chi connectivity index (χ1n) is 7.51. The smallest absolute Gasteiger partial charge is 0.366 e. The molecular formula is C15H20F3N3O4. The summed E-state index contributed by atoms with van der Waals surface area (Å²) in [6.45, 7) is 1.37. The monoisotopic (exact) mass is 363 g/mol. The van der Waals surface area contributed by atoms with Gasteiger partial charge in [0.25, 0.3) is 0 Å². The van der Waals surface area contributed by atoms with Crippen LogP contribution in [0.25, 0.3) is 0 Å². The molecule has 1 aromatic carbocycles. The van der Waals surface area contributed by atoms with E-state index in [0.717, 1.165) is 24.3 Å². The van der Waals surface area contributed by atoms with E-state index in [0.29, 0.717) is 12.8 Å². The van der Waals surface area contributed by atoms with Crippen LogP contribution in [0, 0.1) is 0 Å². The average molecular weight is 363 g/mol. The summed E-state index contributed by atoms with van der Waals surface area (Å²) >= 11 is 0. The Hall–Kier alpha value is -2.33. The van der Waals surface area contributed by atoms with Crippen LogP contribution in [0.15, 0.2) is 24.3 Å². The van der Waals surface area contributed by atoms with Gasteiger partial charge in [-0.15, -0.1) is 0 Å². The number of carbonyl (C=O) groups is 2. The summed E-state index contributed by atoms with van der Waals surface area (Å²) in [5, 5.41) is 25.1. The number of amides is 3. The number of carbonyl (C=O) groups excluding carboxylic acids is 2. The van der Waals surface area contributed by atoms with Crippen LogP contribution in [-0.2, 0) is 11.0 Å². The van der Waals surface area contributed by atoms with Gasteiger partial charge in [-0.1, -0.05) is 13.3 Å². The van der Waals surface area contributed by atoms with Gasteiger partial charge in [0.15, 0.2) is 6.29 Å². The van der Waals surface area contributed by atoms with E-state index in [1.165, 1.54) is 0 Å². The van der Waals surface area contributed by atoms with Gasteiger partial charge in [-0.3, -0.25) is 4.79 Å². The second-order valence-electron chi connectivity index (χ2n) is 5.26. The lowest BCUT2D eigenvalue weighted by Crippen LogP contribution is -2.47. The zero-order valence-electron chi connectivity index (χ0n) is 13.4. The Kier molecular flexibility index (Phi) is 7.65. The molecular weight excluding hydrogens is 343 g/mol. The topological polar surface area (TPSA) is 111 Å². The first-order valence-corrected chi connectivity index (χ1v) is 7.51. The molecule has 0 unspecified atom stereocenters. The van der Waals surface area contributed by atoms with Crippen LogP contribution >= 0.6 is 0 Å². The third-order valence-electron chi connectivity index (χ3n) is 3.19. The summed E-state index contributed by atoms with van der Waals surface area (Å²) in [5.74, 6) is -0.630. The van der Waals surface area contributed by atoms with E-state index in [1.807, 2.05) is 0 Å². The van der Waals surface area contributed by atoms with Crippen molar-refractivity contribution in [1.29, 1.82) is 0 Å². The predicted molar refractivity (Wildman–Crippen MR) is 83.5 cm³/mol. The largest absolute Gasteiger partial charge is 0.416 e. The summed E-state index contributed by atoms with van der Waals surface area (Å²) in [5.41, 5.74) is -0.720. The molecule has 0 saturated carbocycles. The number of hydrogen-bond acceptors (Lipinski definition) is 4. The molecule has 0 spiro atoms. The molecule has 1 rings (SSSR count).